The number of hydrogen-bond donors (Lipinski definition) is 0. The molecule has 0 aliphatic carbocycles. The Kier molecular flexibility index (Phi) is 8.46. The second kappa shape index (κ2) is 6.38. The first-order valence-electron chi connectivity index (χ1n) is 2.43. The van der Waals surface area contributed by atoms with Crippen molar-refractivity contribution in [2.24, 2.45) is 0 Å². The summed E-state index contributed by atoms with van der Waals surface area (Å²) < 4.78 is 1.06. The minimum absolute atomic E-state index is 0. The van der Waals surface area contributed by atoms with E-state index >= 15 is 0 Å². The summed E-state index contributed by atoms with van der Waals surface area (Å²) in [6.07, 6.45) is 0. The smallest absolute Gasteiger partial charge is 0.870 e. The van der Waals surface area contributed by atoms with Gasteiger partial charge < -0.3 is 5.48 Å². The molecule has 0 aliphatic heterocycles. The molecule has 0 aromatic heterocycles. The molecular weight excluding hydrogens is 203 g/mol. The second-order valence-corrected chi connectivity index (χ2v) is 2.46. The zero-order chi connectivity index (χ0) is 5.98. The van der Waals surface area contributed by atoms with Crippen molar-refractivity contribution in [1.82, 2.24) is 0 Å². The van der Waals surface area contributed by atoms with Gasteiger partial charge in [0.15, 0.2) is 0 Å². The normalized spacial score (nSPS) is 7.40. The molecule has 0 saturated heterocycles. The molecule has 1 aromatic carbocycles. The summed E-state index contributed by atoms with van der Waals surface area (Å²) >= 11 is 3.34. The van der Waals surface area contributed by atoms with Crippen molar-refractivity contribution in [3.05, 3.63) is 34.3 Å². The molecule has 0 bridgehead atoms. The molecule has 0 unspecified atom stereocenters. The largest absolute Gasteiger partial charge is 1.00 e. The van der Waals surface area contributed by atoms with Gasteiger partial charge in [0.2, 0.25) is 0 Å². The van der Waals surface area contributed by atoms with Crippen LogP contribution < -0.4 is 29.6 Å². The summed E-state index contributed by atoms with van der Waals surface area (Å²) in [4.78, 5) is 0. The monoisotopic (exact) mass is 209 g/mol. The molecule has 50 valence electrons. The zero-order valence-electron chi connectivity index (χ0n) is 6.06. The fraction of sp³-hybridized carbons (Fsp3) is 0.143. The quantitative estimate of drug-likeness (QED) is 0.414. The summed E-state index contributed by atoms with van der Waals surface area (Å²) in [6.45, 7) is 2.04. The van der Waals surface area contributed by atoms with Gasteiger partial charge >= 0.3 is 29.6 Å². The first-order chi connectivity index (χ1) is 3.80. The van der Waals surface area contributed by atoms with Crippen molar-refractivity contribution in [3.8, 4) is 0 Å². The maximum absolute atomic E-state index is 3.34. The van der Waals surface area contributed by atoms with Gasteiger partial charge in [-0.1, -0.05) is 27.3 Å². The first-order valence-corrected chi connectivity index (χ1v) is 3.23. The van der Waals surface area contributed by atoms with E-state index in [1.165, 1.54) is 5.56 Å². The Morgan fingerprint density at radius 2 is 2.10 bits per heavy atom. The number of aryl methyl sites for hydroxylation is 1. The van der Waals surface area contributed by atoms with E-state index in [9.17, 15) is 0 Å². The van der Waals surface area contributed by atoms with Crippen LogP contribution in [0.3, 0.4) is 0 Å². The van der Waals surface area contributed by atoms with Crippen LogP contribution in [-0.2, 0) is 0 Å². The van der Waals surface area contributed by atoms with Crippen molar-refractivity contribution in [3.63, 3.8) is 0 Å². The maximum Gasteiger partial charge on any atom is 1.00 e. The first kappa shape index (κ1) is 13.3. The molecule has 1 nitrogen and oxygen atoms in total. The summed E-state index contributed by atoms with van der Waals surface area (Å²) in [5.41, 5.74) is 1.23. The summed E-state index contributed by atoms with van der Waals surface area (Å²) in [7, 11) is 0. The van der Waals surface area contributed by atoms with Crippen LogP contribution in [0.15, 0.2) is 22.7 Å². The van der Waals surface area contributed by atoms with Gasteiger partial charge in [-0.05, 0) is 0 Å². The summed E-state index contributed by atoms with van der Waals surface area (Å²) in [5, 5.41) is 0. The average molecular weight is 210 g/mol. The molecule has 0 radical (unpaired) electrons. The molecule has 3 heteroatoms. The molecule has 0 amide bonds. The molecule has 0 spiro atoms. The van der Waals surface area contributed by atoms with Gasteiger partial charge in [0.25, 0.3) is 0 Å². The summed E-state index contributed by atoms with van der Waals surface area (Å²) in [5.74, 6) is 0. The van der Waals surface area contributed by atoms with Crippen LogP contribution in [0.5, 0.6) is 0 Å². The molecule has 0 atom stereocenters. The van der Waals surface area contributed by atoms with Gasteiger partial charge in [0.1, 0.15) is 0 Å². The van der Waals surface area contributed by atoms with Gasteiger partial charge in [-0.3, -0.25) is 0 Å². The predicted molar refractivity (Wildman–Crippen MR) is 39.7 cm³/mol. The van der Waals surface area contributed by atoms with Crippen LogP contribution in [0.1, 0.15) is 5.56 Å². The Balaban J connectivity index is 0. The van der Waals surface area contributed by atoms with E-state index in [1.54, 1.807) is 0 Å². The summed E-state index contributed by atoms with van der Waals surface area (Å²) in [6, 6.07) is 8.92. The van der Waals surface area contributed by atoms with E-state index < -0.39 is 0 Å². The Bertz CT molecular complexity index is 170. The Morgan fingerprint density at radius 1 is 1.50 bits per heavy atom. The molecule has 0 heterocycles. The van der Waals surface area contributed by atoms with Gasteiger partial charge in [-0.2, -0.15) is 24.3 Å². The fourth-order valence-corrected chi connectivity index (χ4v) is 0.765. The Hall–Kier alpha value is 0.660. The van der Waals surface area contributed by atoms with Crippen LogP contribution in [-0.4, -0.2) is 5.48 Å². The van der Waals surface area contributed by atoms with Crippen molar-refractivity contribution in [2.45, 2.75) is 6.92 Å². The molecule has 0 saturated carbocycles. The van der Waals surface area contributed by atoms with E-state index in [2.05, 4.69) is 22.0 Å². The third-order valence-electron chi connectivity index (χ3n) is 0.999. The van der Waals surface area contributed by atoms with Crippen molar-refractivity contribution in [1.29, 1.82) is 0 Å². The van der Waals surface area contributed by atoms with Gasteiger partial charge in [0, 0.05) is 0 Å². The molecule has 10 heavy (non-hydrogen) atoms. The standard InChI is InChI=1S/C7H6Br.Na.H2O/c1-6-4-2-3-5-7(6)8;;/h2-4H,1H3;;1H2/q-1;+1;/p-1. The minimum atomic E-state index is 0. The Morgan fingerprint density at radius 3 is 2.40 bits per heavy atom. The molecular formula is C7H7BrNaO-. The van der Waals surface area contributed by atoms with E-state index in [0.29, 0.717) is 0 Å². The Labute approximate surface area is 91.6 Å². The van der Waals surface area contributed by atoms with Crippen molar-refractivity contribution >= 4 is 15.9 Å². The predicted octanol–water partition coefficient (Wildman–Crippen LogP) is -0.615. The molecule has 0 fully saturated rings. The van der Waals surface area contributed by atoms with E-state index in [4.69, 9.17) is 0 Å². The molecule has 1 aromatic rings. The third-order valence-corrected chi connectivity index (χ3v) is 1.85. The van der Waals surface area contributed by atoms with E-state index in [-0.39, 0.29) is 35.0 Å². The third kappa shape index (κ3) is 3.74. The molecule has 0 aliphatic rings. The maximum atomic E-state index is 3.34. The van der Waals surface area contributed by atoms with Crippen LogP contribution in [0.2, 0.25) is 0 Å². The topological polar surface area (TPSA) is 30.0 Å². The number of benzene rings is 1. The van der Waals surface area contributed by atoms with Crippen LogP contribution in [0, 0.1) is 13.0 Å². The van der Waals surface area contributed by atoms with Crippen LogP contribution in [0.4, 0.5) is 0 Å². The number of halogens is 1. The van der Waals surface area contributed by atoms with Crippen LogP contribution in [0.25, 0.3) is 0 Å². The number of rotatable bonds is 0. The second-order valence-electron chi connectivity index (χ2n) is 1.67. The fourth-order valence-electron chi connectivity index (χ4n) is 0.501. The zero-order valence-corrected chi connectivity index (χ0v) is 9.64. The van der Waals surface area contributed by atoms with E-state index in [1.807, 2.05) is 25.1 Å². The van der Waals surface area contributed by atoms with Crippen molar-refractivity contribution < 1.29 is 35.0 Å². The number of hydrogen-bond acceptors (Lipinski definition) is 1. The molecule has 1 N–H and O–H groups in total. The SMILES string of the molecule is Cc1ccc[c-]c1Br.[Na+].[OH-]. The van der Waals surface area contributed by atoms with Crippen LogP contribution >= 0.6 is 15.9 Å². The van der Waals surface area contributed by atoms with Crippen molar-refractivity contribution in [2.75, 3.05) is 0 Å². The van der Waals surface area contributed by atoms with Gasteiger partial charge in [-0.25, -0.2) is 0 Å². The minimum Gasteiger partial charge on any atom is -0.870 e. The average Bonchev–Trinajstić information content (AvgIpc) is 1.77. The van der Waals surface area contributed by atoms with Gasteiger partial charge in [-0.15, -0.1) is 5.56 Å². The van der Waals surface area contributed by atoms with Gasteiger partial charge in [0.05, 0.1) is 0 Å². The molecule has 1 rings (SSSR count). The van der Waals surface area contributed by atoms with E-state index in [0.717, 1.165) is 4.47 Å².